The average Bonchev–Trinajstić information content (AvgIpc) is 2.64. The molecule has 0 aromatic heterocycles. The van der Waals surface area contributed by atoms with Crippen LogP contribution in [0.1, 0.15) is 59.8 Å². The Hall–Kier alpha value is -1.87. The van der Waals surface area contributed by atoms with E-state index in [1.807, 2.05) is 18.2 Å². The van der Waals surface area contributed by atoms with Gasteiger partial charge >= 0.3 is 0 Å². The van der Waals surface area contributed by atoms with Gasteiger partial charge in [0.2, 0.25) is 0 Å². The summed E-state index contributed by atoms with van der Waals surface area (Å²) in [7, 11) is 0. The summed E-state index contributed by atoms with van der Waals surface area (Å²) in [6.45, 7) is 9.09. The minimum absolute atomic E-state index is 0.409. The molecule has 0 heterocycles. The summed E-state index contributed by atoms with van der Waals surface area (Å²) in [5, 5.41) is 3.45. The van der Waals surface area contributed by atoms with E-state index in [4.69, 9.17) is 12.2 Å². The van der Waals surface area contributed by atoms with E-state index in [1.54, 1.807) is 0 Å². The van der Waals surface area contributed by atoms with Crippen molar-refractivity contribution < 1.29 is 0 Å². The lowest BCUT2D eigenvalue weighted by Gasteiger charge is -2.33. The second-order valence-corrected chi connectivity index (χ2v) is 8.21. The third kappa shape index (κ3) is 6.99. The van der Waals surface area contributed by atoms with E-state index in [1.165, 1.54) is 24.9 Å². The Balaban J connectivity index is 2.14. The van der Waals surface area contributed by atoms with Crippen molar-refractivity contribution in [1.29, 1.82) is 0 Å². The number of benzene rings is 2. The Bertz CT molecular complexity index is 679. The molecule has 0 amide bonds. The van der Waals surface area contributed by atoms with Crippen LogP contribution in [0.5, 0.6) is 0 Å². The van der Waals surface area contributed by atoms with E-state index >= 15 is 0 Å². The molecule has 0 saturated heterocycles. The van der Waals surface area contributed by atoms with E-state index in [0.29, 0.717) is 12.0 Å². The number of unbranched alkanes of at least 4 members (excludes halogenated alkanes) is 2. The number of nitrogens with zero attached hydrogens (tertiary/aromatic N) is 1. The van der Waals surface area contributed by atoms with Gasteiger partial charge in [-0.1, -0.05) is 64.0 Å². The Labute approximate surface area is 171 Å². The van der Waals surface area contributed by atoms with E-state index in [2.05, 4.69) is 74.3 Å². The highest BCUT2D eigenvalue weighted by Crippen LogP contribution is 2.26. The van der Waals surface area contributed by atoms with E-state index in [-0.39, 0.29) is 0 Å². The number of anilines is 3. The fourth-order valence-electron chi connectivity index (χ4n) is 3.47. The second-order valence-electron chi connectivity index (χ2n) is 7.74. The highest BCUT2D eigenvalue weighted by Gasteiger charge is 2.19. The van der Waals surface area contributed by atoms with Crippen molar-refractivity contribution in [2.45, 2.75) is 65.8 Å². The molecule has 1 atom stereocenters. The zero-order chi connectivity index (χ0) is 19.6. The van der Waals surface area contributed by atoms with Crippen molar-refractivity contribution in [3.63, 3.8) is 0 Å². The molecule has 0 saturated carbocycles. The van der Waals surface area contributed by atoms with Crippen molar-refractivity contribution in [1.82, 2.24) is 0 Å². The SMILES string of the molecule is CCCCCC(=S)N(c1ccc(Nc2ccccc2)cc1)C(C)CC(C)C. The lowest BCUT2D eigenvalue weighted by Crippen LogP contribution is -2.38. The largest absolute Gasteiger partial charge is 0.356 e. The number of thiocarbonyl (C=S) groups is 1. The molecule has 0 aliphatic heterocycles. The van der Waals surface area contributed by atoms with E-state index in [0.717, 1.165) is 29.2 Å². The predicted octanol–water partition coefficient (Wildman–Crippen LogP) is 7.58. The van der Waals surface area contributed by atoms with Crippen LogP contribution < -0.4 is 10.2 Å². The molecular weight excluding hydrogens is 348 g/mol. The maximum Gasteiger partial charge on any atom is 0.0826 e. The molecule has 2 aromatic carbocycles. The van der Waals surface area contributed by atoms with Crippen LogP contribution in [0.3, 0.4) is 0 Å². The first kappa shape index (κ1) is 21.4. The van der Waals surface area contributed by atoms with Crippen molar-refractivity contribution in [2.75, 3.05) is 10.2 Å². The van der Waals surface area contributed by atoms with Gasteiger partial charge in [-0.05, 0) is 68.5 Å². The maximum absolute atomic E-state index is 5.85. The molecule has 146 valence electrons. The number of hydrogen-bond acceptors (Lipinski definition) is 2. The molecule has 0 fully saturated rings. The molecule has 3 heteroatoms. The maximum atomic E-state index is 5.85. The number of nitrogens with one attached hydrogen (secondary N) is 1. The summed E-state index contributed by atoms with van der Waals surface area (Å²) in [5.74, 6) is 0.653. The lowest BCUT2D eigenvalue weighted by molar-refractivity contribution is 0.516. The van der Waals surface area contributed by atoms with Crippen LogP contribution in [-0.2, 0) is 0 Å². The monoisotopic (exact) mass is 382 g/mol. The van der Waals surface area contributed by atoms with Crippen molar-refractivity contribution in [3.8, 4) is 0 Å². The summed E-state index contributed by atoms with van der Waals surface area (Å²) in [6, 6.07) is 19.3. The highest BCUT2D eigenvalue weighted by molar-refractivity contribution is 7.80. The Morgan fingerprint density at radius 2 is 1.56 bits per heavy atom. The smallest absolute Gasteiger partial charge is 0.0826 e. The normalized spacial score (nSPS) is 12.0. The molecule has 1 unspecified atom stereocenters. The second kappa shape index (κ2) is 11.1. The van der Waals surface area contributed by atoms with E-state index < -0.39 is 0 Å². The molecule has 1 N–H and O–H groups in total. The number of para-hydroxylation sites is 1. The van der Waals surface area contributed by atoms with Crippen molar-refractivity contribution >= 4 is 34.3 Å². The summed E-state index contributed by atoms with van der Waals surface area (Å²) >= 11 is 5.85. The summed E-state index contributed by atoms with van der Waals surface area (Å²) in [6.07, 6.45) is 5.78. The van der Waals surface area contributed by atoms with Gasteiger partial charge in [-0.15, -0.1) is 0 Å². The van der Waals surface area contributed by atoms with Gasteiger partial charge in [-0.2, -0.15) is 0 Å². The molecule has 2 rings (SSSR count). The number of hydrogen-bond donors (Lipinski definition) is 1. The third-order valence-corrected chi connectivity index (χ3v) is 5.12. The Kier molecular flexibility index (Phi) is 8.80. The molecule has 2 aromatic rings. The fraction of sp³-hybridized carbons (Fsp3) is 0.458. The lowest BCUT2D eigenvalue weighted by atomic mass is 10.0. The molecule has 0 aliphatic carbocycles. The highest BCUT2D eigenvalue weighted by atomic mass is 32.1. The zero-order valence-electron chi connectivity index (χ0n) is 17.2. The fourth-order valence-corrected chi connectivity index (χ4v) is 3.90. The first-order valence-electron chi connectivity index (χ1n) is 10.3. The van der Waals surface area contributed by atoms with Crippen molar-refractivity contribution in [2.24, 2.45) is 5.92 Å². The minimum atomic E-state index is 0.409. The van der Waals surface area contributed by atoms with Gasteiger partial charge < -0.3 is 10.2 Å². The predicted molar refractivity (Wildman–Crippen MR) is 124 cm³/mol. The molecular formula is C24H34N2S. The summed E-state index contributed by atoms with van der Waals surface area (Å²) in [5.41, 5.74) is 3.40. The molecule has 2 nitrogen and oxygen atoms in total. The van der Waals surface area contributed by atoms with Gasteiger partial charge in [0.05, 0.1) is 4.99 Å². The van der Waals surface area contributed by atoms with Crippen LogP contribution in [0.4, 0.5) is 17.1 Å². The Morgan fingerprint density at radius 1 is 0.926 bits per heavy atom. The van der Waals surface area contributed by atoms with Gasteiger partial charge in [0.15, 0.2) is 0 Å². The van der Waals surface area contributed by atoms with Gasteiger partial charge in [-0.3, -0.25) is 0 Å². The first-order chi connectivity index (χ1) is 13.0. The molecule has 0 radical (unpaired) electrons. The minimum Gasteiger partial charge on any atom is -0.356 e. The quantitative estimate of drug-likeness (QED) is 0.337. The zero-order valence-corrected chi connectivity index (χ0v) is 18.1. The average molecular weight is 383 g/mol. The van der Waals surface area contributed by atoms with Gasteiger partial charge in [0, 0.05) is 23.1 Å². The number of rotatable bonds is 10. The third-order valence-electron chi connectivity index (χ3n) is 4.72. The molecule has 0 aliphatic rings. The van der Waals surface area contributed by atoms with Crippen LogP contribution in [0.15, 0.2) is 54.6 Å². The van der Waals surface area contributed by atoms with Crippen LogP contribution in [0.25, 0.3) is 0 Å². The topological polar surface area (TPSA) is 15.3 Å². The molecule has 27 heavy (non-hydrogen) atoms. The summed E-state index contributed by atoms with van der Waals surface area (Å²) in [4.78, 5) is 3.44. The van der Waals surface area contributed by atoms with Gasteiger partial charge in [0.25, 0.3) is 0 Å². The van der Waals surface area contributed by atoms with Crippen LogP contribution in [0.2, 0.25) is 0 Å². The van der Waals surface area contributed by atoms with Gasteiger partial charge in [0.1, 0.15) is 0 Å². The summed E-state index contributed by atoms with van der Waals surface area (Å²) < 4.78 is 0. The van der Waals surface area contributed by atoms with Crippen LogP contribution in [-0.4, -0.2) is 11.0 Å². The molecule has 0 spiro atoms. The Morgan fingerprint density at radius 3 is 2.15 bits per heavy atom. The van der Waals surface area contributed by atoms with E-state index in [9.17, 15) is 0 Å². The van der Waals surface area contributed by atoms with Crippen molar-refractivity contribution in [3.05, 3.63) is 54.6 Å². The molecule has 0 bridgehead atoms. The van der Waals surface area contributed by atoms with Crippen LogP contribution in [0, 0.1) is 5.92 Å². The standard InChI is InChI=1S/C24H34N2S/c1-5-6-8-13-24(27)26(20(4)18-19(2)3)23-16-14-22(15-17-23)25-21-11-9-7-10-12-21/h7,9-12,14-17,19-20,25H,5-6,8,13,18H2,1-4H3. The van der Waals surface area contributed by atoms with Gasteiger partial charge in [-0.25, -0.2) is 0 Å². The van der Waals surface area contributed by atoms with Crippen LogP contribution >= 0.6 is 12.2 Å². The first-order valence-corrected chi connectivity index (χ1v) is 10.7.